The summed E-state index contributed by atoms with van der Waals surface area (Å²) in [5.74, 6) is -0.436. The second-order valence-electron chi connectivity index (χ2n) is 5.72. The number of aromatic amines is 1. The molecule has 136 valence electrons. The summed E-state index contributed by atoms with van der Waals surface area (Å²) in [5, 5.41) is 14.8. The Kier molecular flexibility index (Phi) is 4.72. The Balaban J connectivity index is 1.79. The van der Waals surface area contributed by atoms with Gasteiger partial charge < -0.3 is 9.49 Å². The molecule has 26 heavy (non-hydrogen) atoms. The van der Waals surface area contributed by atoms with Crippen LogP contribution in [0.25, 0.3) is 0 Å². The molecule has 0 fully saturated rings. The fourth-order valence-corrected chi connectivity index (χ4v) is 3.14. The monoisotopic (exact) mass is 374 g/mol. The molecule has 0 aliphatic heterocycles. The molecule has 0 saturated carbocycles. The van der Waals surface area contributed by atoms with E-state index in [9.17, 15) is 13.6 Å². The zero-order chi connectivity index (χ0) is 18.7. The van der Waals surface area contributed by atoms with Crippen LogP contribution >= 0.6 is 0 Å². The molecular formula is C17H18N4O4S. The highest BCUT2D eigenvalue weighted by atomic mass is 32.2. The third-order valence-electron chi connectivity index (χ3n) is 3.77. The number of rotatable bonds is 5. The lowest BCUT2D eigenvalue weighted by molar-refractivity contribution is -0.696. The minimum Gasteiger partial charge on any atom is -0.390 e. The Hall–Kier alpha value is -3.20. The van der Waals surface area contributed by atoms with Crippen LogP contribution in [0.2, 0.25) is 0 Å². The van der Waals surface area contributed by atoms with Crippen LogP contribution in [0.1, 0.15) is 16.8 Å². The van der Waals surface area contributed by atoms with Crippen molar-refractivity contribution in [3.63, 3.8) is 0 Å². The Morgan fingerprint density at radius 3 is 2.42 bits per heavy atom. The van der Waals surface area contributed by atoms with Crippen molar-refractivity contribution >= 4 is 16.1 Å². The first-order valence-corrected chi connectivity index (χ1v) is 9.18. The van der Waals surface area contributed by atoms with E-state index in [1.807, 2.05) is 37.3 Å². The molecule has 0 unspecified atom stereocenters. The fourth-order valence-electron chi connectivity index (χ4n) is 2.33. The minimum atomic E-state index is -4.28. The van der Waals surface area contributed by atoms with Crippen molar-refractivity contribution in [3.05, 3.63) is 82.8 Å². The average molecular weight is 374 g/mol. The van der Waals surface area contributed by atoms with Crippen LogP contribution in [0.4, 0.5) is 0 Å². The normalized spacial score (nSPS) is 12.7. The second kappa shape index (κ2) is 6.96. The highest BCUT2D eigenvalue weighted by Gasteiger charge is 2.20. The van der Waals surface area contributed by atoms with E-state index in [-0.39, 0.29) is 9.80 Å². The third kappa shape index (κ3) is 3.72. The number of aryl methyl sites for hydroxylation is 1. The maximum atomic E-state index is 12.2. The SMILES string of the molecule is Cc1ccc(S(=O)(=O)O[N+]([O-])=C(N)n2[nH]cc2Cc2ccccc2)cc1. The molecule has 0 spiro atoms. The van der Waals surface area contributed by atoms with Crippen molar-refractivity contribution in [2.45, 2.75) is 18.2 Å². The Labute approximate surface area is 150 Å². The summed E-state index contributed by atoms with van der Waals surface area (Å²) in [4.78, 5) is -0.353. The van der Waals surface area contributed by atoms with E-state index in [0.29, 0.717) is 12.1 Å². The summed E-state index contributed by atoms with van der Waals surface area (Å²) in [6.45, 7) is 1.82. The van der Waals surface area contributed by atoms with Crippen molar-refractivity contribution < 1.29 is 17.6 Å². The number of nitrogens with two attached hydrogens (primary N) is 1. The average Bonchev–Trinajstić information content (AvgIpc) is 2.59. The summed E-state index contributed by atoms with van der Waals surface area (Å²) in [5.41, 5.74) is 8.34. The fraction of sp³-hybridized carbons (Fsp3) is 0.118. The quantitative estimate of drug-likeness (QED) is 0.305. The second-order valence-corrected chi connectivity index (χ2v) is 7.25. The van der Waals surface area contributed by atoms with Gasteiger partial charge in [0, 0.05) is 6.42 Å². The van der Waals surface area contributed by atoms with Crippen LogP contribution in [-0.4, -0.2) is 29.1 Å². The largest absolute Gasteiger partial charge is 0.413 e. The first-order valence-electron chi connectivity index (χ1n) is 7.77. The zero-order valence-electron chi connectivity index (χ0n) is 14.0. The van der Waals surface area contributed by atoms with Crippen molar-refractivity contribution in [1.82, 2.24) is 9.78 Å². The molecule has 2 aromatic carbocycles. The number of hydrogen-bond donors (Lipinski definition) is 2. The number of aromatic nitrogens is 2. The maximum Gasteiger partial charge on any atom is 0.413 e. The van der Waals surface area contributed by atoms with Crippen molar-refractivity contribution in [3.8, 4) is 0 Å². The van der Waals surface area contributed by atoms with Crippen LogP contribution in [-0.2, 0) is 20.8 Å². The molecule has 0 aliphatic rings. The number of H-pyrrole nitrogens is 1. The summed E-state index contributed by atoms with van der Waals surface area (Å²) in [7, 11) is -4.28. The summed E-state index contributed by atoms with van der Waals surface area (Å²) >= 11 is 0. The van der Waals surface area contributed by atoms with Crippen LogP contribution < -0.4 is 5.73 Å². The van der Waals surface area contributed by atoms with E-state index in [1.165, 1.54) is 16.8 Å². The lowest BCUT2D eigenvalue weighted by Crippen LogP contribution is -2.38. The molecule has 8 nitrogen and oxygen atoms in total. The van der Waals surface area contributed by atoms with Crippen molar-refractivity contribution in [1.29, 1.82) is 0 Å². The first-order chi connectivity index (χ1) is 12.4. The molecule has 3 N–H and O–H groups in total. The van der Waals surface area contributed by atoms with Gasteiger partial charge in [-0.3, -0.25) is 5.73 Å². The molecule has 1 aromatic heterocycles. The van der Waals surface area contributed by atoms with Gasteiger partial charge in [0.25, 0.3) is 10.1 Å². The maximum absolute atomic E-state index is 12.2. The predicted octanol–water partition coefficient (Wildman–Crippen LogP) is 1.71. The molecule has 9 heteroatoms. The number of nitrogens with one attached hydrogen (secondary N) is 1. The molecular weight excluding hydrogens is 356 g/mol. The molecule has 3 aromatic rings. The Morgan fingerprint density at radius 1 is 1.19 bits per heavy atom. The number of benzene rings is 2. The van der Waals surface area contributed by atoms with Crippen LogP contribution in [0, 0.1) is 12.1 Å². The van der Waals surface area contributed by atoms with Crippen LogP contribution in [0.3, 0.4) is 0 Å². The highest BCUT2D eigenvalue weighted by Crippen LogP contribution is 2.14. The molecule has 0 amide bonds. The summed E-state index contributed by atoms with van der Waals surface area (Å²) in [6.07, 6.45) is 2.19. The smallest absolute Gasteiger partial charge is 0.390 e. The summed E-state index contributed by atoms with van der Waals surface area (Å²) in [6, 6.07) is 15.5. The van der Waals surface area contributed by atoms with Gasteiger partial charge >= 0.3 is 5.96 Å². The topological polar surface area (TPSA) is 116 Å². The van der Waals surface area contributed by atoms with Crippen molar-refractivity contribution in [2.24, 2.45) is 5.73 Å². The van der Waals surface area contributed by atoms with E-state index in [1.54, 1.807) is 18.3 Å². The molecule has 0 atom stereocenters. The molecule has 3 rings (SSSR count). The number of nitrogens with zero attached hydrogens (tertiary/aromatic N) is 2. The molecule has 1 heterocycles. The molecule has 0 aliphatic carbocycles. The van der Waals surface area contributed by atoms with Crippen LogP contribution in [0.15, 0.2) is 65.7 Å². The van der Waals surface area contributed by atoms with Gasteiger partial charge in [-0.15, -0.1) is 4.68 Å². The molecule has 0 saturated heterocycles. The van der Waals surface area contributed by atoms with Gasteiger partial charge in [-0.1, -0.05) is 48.0 Å². The van der Waals surface area contributed by atoms with E-state index in [4.69, 9.17) is 5.73 Å². The van der Waals surface area contributed by atoms with Gasteiger partial charge in [0.2, 0.25) is 0 Å². The van der Waals surface area contributed by atoms with E-state index < -0.39 is 16.1 Å². The van der Waals surface area contributed by atoms with Gasteiger partial charge in [-0.2, -0.15) is 0 Å². The molecule has 0 bridgehead atoms. The van der Waals surface area contributed by atoms with E-state index in [0.717, 1.165) is 11.1 Å². The molecule has 0 radical (unpaired) electrons. The van der Waals surface area contributed by atoms with Crippen LogP contribution in [0.5, 0.6) is 0 Å². The van der Waals surface area contributed by atoms with Gasteiger partial charge in [0.05, 0.1) is 11.1 Å². The standard InChI is InChI=1S/C17H18N4O4S/c1-13-7-9-16(10-8-13)26(23,24)25-21(22)17(18)20-15(12-19-20)11-14-5-3-2-4-6-14/h2-10,12,19H,11,18H2,1H3. The van der Waals surface area contributed by atoms with Gasteiger partial charge in [-0.25, -0.2) is 13.5 Å². The highest BCUT2D eigenvalue weighted by molar-refractivity contribution is 7.86. The van der Waals surface area contributed by atoms with E-state index in [2.05, 4.69) is 9.38 Å². The lowest BCUT2D eigenvalue weighted by atomic mass is 10.1. The van der Waals surface area contributed by atoms with Gasteiger partial charge in [0.1, 0.15) is 5.69 Å². The Bertz CT molecular complexity index is 1020. The van der Waals surface area contributed by atoms with Gasteiger partial charge in [0.15, 0.2) is 0 Å². The zero-order valence-corrected chi connectivity index (χ0v) is 14.8. The lowest BCUT2D eigenvalue weighted by Gasteiger charge is -2.17. The predicted molar refractivity (Wildman–Crippen MR) is 95.7 cm³/mol. The van der Waals surface area contributed by atoms with Crippen molar-refractivity contribution in [2.75, 3.05) is 0 Å². The van der Waals surface area contributed by atoms with E-state index >= 15 is 0 Å². The summed E-state index contributed by atoms with van der Waals surface area (Å²) < 4.78 is 30.2. The number of hydrogen-bond acceptors (Lipinski definition) is 4. The first kappa shape index (κ1) is 17.6. The minimum absolute atomic E-state index is 0.131. The van der Waals surface area contributed by atoms with Gasteiger partial charge in [-0.05, 0) is 29.5 Å². The Morgan fingerprint density at radius 2 is 1.85 bits per heavy atom. The third-order valence-corrected chi connectivity index (χ3v) is 4.95.